The fraction of sp³-hybridized carbons (Fsp3) is 0.875. The Kier molecular flexibility index (Phi) is 4.77. The van der Waals surface area contributed by atoms with E-state index in [0.717, 1.165) is 45.4 Å². The molecule has 1 spiro atoms. The Morgan fingerprint density at radius 2 is 2.13 bits per heavy atom. The van der Waals surface area contributed by atoms with Gasteiger partial charge in [-0.3, -0.25) is 9.69 Å². The number of carboxylic acids is 1. The lowest BCUT2D eigenvalue weighted by Gasteiger charge is -2.42. The molecule has 0 atom stereocenters. The average Bonchev–Trinajstić information content (AvgIpc) is 3.26. The third-order valence-corrected chi connectivity index (χ3v) is 5.39. The second-order valence-electron chi connectivity index (χ2n) is 7.20. The quantitative estimate of drug-likeness (QED) is 0.779. The number of ether oxygens (including phenoxy) is 1. The molecule has 0 bridgehead atoms. The highest BCUT2D eigenvalue weighted by atomic mass is 16.5. The van der Waals surface area contributed by atoms with Crippen LogP contribution in [0.15, 0.2) is 0 Å². The van der Waals surface area contributed by atoms with Crippen LogP contribution in [-0.2, 0) is 9.53 Å². The molecule has 0 aromatic carbocycles. The van der Waals surface area contributed by atoms with Crippen LogP contribution in [0.2, 0.25) is 0 Å². The zero-order chi connectivity index (χ0) is 16.4. The number of hydrogen-bond donors (Lipinski definition) is 2. The standard InChI is InChI=1S/C16H27N3O4/c1-2-18(9-14(20)21)13-7-12(8-13)17-15(22)19-5-6-23-11-16(10-19)3-4-16/h12-13H,2-11H2,1H3,(H,17,22)(H,20,21). The summed E-state index contributed by atoms with van der Waals surface area (Å²) >= 11 is 0. The van der Waals surface area contributed by atoms with Gasteiger partial charge in [-0.1, -0.05) is 6.92 Å². The van der Waals surface area contributed by atoms with E-state index in [0.29, 0.717) is 13.2 Å². The van der Waals surface area contributed by atoms with Gasteiger partial charge in [-0.15, -0.1) is 0 Å². The van der Waals surface area contributed by atoms with Gasteiger partial charge >= 0.3 is 12.0 Å². The third-order valence-electron chi connectivity index (χ3n) is 5.39. The maximum absolute atomic E-state index is 12.4. The highest BCUT2D eigenvalue weighted by molar-refractivity contribution is 5.75. The van der Waals surface area contributed by atoms with Crippen LogP contribution in [0.25, 0.3) is 0 Å². The Hall–Kier alpha value is -1.34. The summed E-state index contributed by atoms with van der Waals surface area (Å²) in [5.74, 6) is -0.793. The number of carbonyl (C=O) groups is 2. The minimum Gasteiger partial charge on any atom is -0.480 e. The smallest absolute Gasteiger partial charge is 0.317 e. The van der Waals surface area contributed by atoms with Crippen LogP contribution in [0.4, 0.5) is 4.79 Å². The molecule has 1 heterocycles. The van der Waals surface area contributed by atoms with Crippen molar-refractivity contribution >= 4 is 12.0 Å². The van der Waals surface area contributed by atoms with Crippen molar-refractivity contribution < 1.29 is 19.4 Å². The maximum Gasteiger partial charge on any atom is 0.317 e. The number of amides is 2. The van der Waals surface area contributed by atoms with Crippen molar-refractivity contribution in [1.82, 2.24) is 15.1 Å². The Morgan fingerprint density at radius 1 is 1.39 bits per heavy atom. The number of carboxylic acid groups (broad SMARTS) is 1. The van der Waals surface area contributed by atoms with Gasteiger partial charge in [0, 0.05) is 30.6 Å². The first-order valence-electron chi connectivity index (χ1n) is 8.60. The van der Waals surface area contributed by atoms with Gasteiger partial charge in [0.15, 0.2) is 0 Å². The number of likely N-dealkylation sites (N-methyl/N-ethyl adjacent to an activating group) is 1. The van der Waals surface area contributed by atoms with Gasteiger partial charge < -0.3 is 20.1 Å². The number of nitrogens with zero attached hydrogens (tertiary/aromatic N) is 2. The van der Waals surface area contributed by atoms with E-state index >= 15 is 0 Å². The lowest BCUT2D eigenvalue weighted by atomic mass is 9.85. The molecule has 2 N–H and O–H groups in total. The first-order chi connectivity index (χ1) is 11.0. The second kappa shape index (κ2) is 6.65. The van der Waals surface area contributed by atoms with Crippen molar-refractivity contribution in [1.29, 1.82) is 0 Å². The molecule has 130 valence electrons. The zero-order valence-electron chi connectivity index (χ0n) is 13.8. The van der Waals surface area contributed by atoms with E-state index in [-0.39, 0.29) is 30.1 Å². The second-order valence-corrected chi connectivity index (χ2v) is 7.20. The number of aliphatic carboxylic acids is 1. The lowest BCUT2D eigenvalue weighted by molar-refractivity contribution is -0.139. The Labute approximate surface area is 136 Å². The van der Waals surface area contributed by atoms with Gasteiger partial charge in [0.05, 0.1) is 19.8 Å². The van der Waals surface area contributed by atoms with Gasteiger partial charge in [-0.05, 0) is 32.2 Å². The van der Waals surface area contributed by atoms with E-state index in [2.05, 4.69) is 5.32 Å². The van der Waals surface area contributed by atoms with E-state index in [9.17, 15) is 9.59 Å². The van der Waals surface area contributed by atoms with Crippen LogP contribution in [-0.4, -0.2) is 78.4 Å². The molecule has 3 aliphatic rings. The SMILES string of the molecule is CCN(CC(=O)O)C1CC(NC(=O)N2CCOCC3(CC3)C2)C1. The highest BCUT2D eigenvalue weighted by Gasteiger charge is 2.46. The molecule has 7 nitrogen and oxygen atoms in total. The first-order valence-corrected chi connectivity index (χ1v) is 8.60. The molecular weight excluding hydrogens is 298 g/mol. The third kappa shape index (κ3) is 3.95. The molecule has 0 aromatic rings. The Bertz CT molecular complexity index is 460. The van der Waals surface area contributed by atoms with E-state index in [1.165, 1.54) is 0 Å². The number of urea groups is 1. The zero-order valence-corrected chi connectivity index (χ0v) is 13.8. The van der Waals surface area contributed by atoms with Gasteiger partial charge in [0.1, 0.15) is 0 Å². The van der Waals surface area contributed by atoms with Crippen LogP contribution in [0.3, 0.4) is 0 Å². The summed E-state index contributed by atoms with van der Waals surface area (Å²) in [7, 11) is 0. The highest BCUT2D eigenvalue weighted by Crippen LogP contribution is 2.47. The minimum absolute atomic E-state index is 0.00603. The number of rotatable bonds is 5. The van der Waals surface area contributed by atoms with Crippen LogP contribution in [0.1, 0.15) is 32.6 Å². The van der Waals surface area contributed by atoms with E-state index in [4.69, 9.17) is 9.84 Å². The predicted molar refractivity (Wildman–Crippen MR) is 84.3 cm³/mol. The van der Waals surface area contributed by atoms with E-state index in [1.54, 1.807) is 0 Å². The molecule has 1 aliphatic heterocycles. The van der Waals surface area contributed by atoms with E-state index in [1.807, 2.05) is 16.7 Å². The molecule has 23 heavy (non-hydrogen) atoms. The molecule has 2 amide bonds. The molecule has 2 saturated carbocycles. The van der Waals surface area contributed by atoms with Crippen LogP contribution >= 0.6 is 0 Å². The summed E-state index contributed by atoms with van der Waals surface area (Å²) in [6.45, 7) is 5.63. The van der Waals surface area contributed by atoms with Crippen molar-refractivity contribution in [3.05, 3.63) is 0 Å². The summed E-state index contributed by atoms with van der Waals surface area (Å²) in [5.41, 5.74) is 0.219. The summed E-state index contributed by atoms with van der Waals surface area (Å²) in [6.07, 6.45) is 3.98. The summed E-state index contributed by atoms with van der Waals surface area (Å²) in [6, 6.07) is 0.435. The predicted octanol–water partition coefficient (Wildman–Crippen LogP) is 0.746. The number of hydrogen-bond acceptors (Lipinski definition) is 4. The number of nitrogens with one attached hydrogen (secondary N) is 1. The monoisotopic (exact) mass is 325 g/mol. The van der Waals surface area contributed by atoms with Crippen LogP contribution < -0.4 is 5.32 Å². The van der Waals surface area contributed by atoms with Crippen molar-refractivity contribution in [3.8, 4) is 0 Å². The van der Waals surface area contributed by atoms with Crippen molar-refractivity contribution in [3.63, 3.8) is 0 Å². The normalized spacial score (nSPS) is 29.0. The minimum atomic E-state index is -0.793. The van der Waals surface area contributed by atoms with E-state index < -0.39 is 5.97 Å². The Balaban J connectivity index is 1.44. The largest absolute Gasteiger partial charge is 0.480 e. The Morgan fingerprint density at radius 3 is 2.74 bits per heavy atom. The molecule has 1 saturated heterocycles. The fourth-order valence-electron chi connectivity index (χ4n) is 3.59. The van der Waals surface area contributed by atoms with Gasteiger partial charge in [0.25, 0.3) is 0 Å². The van der Waals surface area contributed by atoms with Crippen LogP contribution in [0.5, 0.6) is 0 Å². The first kappa shape index (κ1) is 16.5. The summed E-state index contributed by atoms with van der Waals surface area (Å²) in [4.78, 5) is 27.1. The van der Waals surface area contributed by atoms with Crippen molar-refractivity contribution in [2.24, 2.45) is 5.41 Å². The fourth-order valence-corrected chi connectivity index (χ4v) is 3.59. The molecule has 0 radical (unpaired) electrons. The topological polar surface area (TPSA) is 82.1 Å². The van der Waals surface area contributed by atoms with Crippen LogP contribution in [0, 0.1) is 5.41 Å². The lowest BCUT2D eigenvalue weighted by Crippen LogP contribution is -2.57. The maximum atomic E-state index is 12.4. The van der Waals surface area contributed by atoms with Gasteiger partial charge in [-0.2, -0.15) is 0 Å². The molecule has 7 heteroatoms. The summed E-state index contributed by atoms with van der Waals surface area (Å²) < 4.78 is 5.61. The summed E-state index contributed by atoms with van der Waals surface area (Å²) in [5, 5.41) is 12.0. The number of carbonyl (C=O) groups excluding carboxylic acids is 1. The van der Waals surface area contributed by atoms with Gasteiger partial charge in [-0.25, -0.2) is 4.79 Å². The molecular formula is C16H27N3O4. The molecule has 0 aromatic heterocycles. The van der Waals surface area contributed by atoms with Crippen molar-refractivity contribution in [2.75, 3.05) is 39.4 Å². The van der Waals surface area contributed by atoms with Crippen molar-refractivity contribution in [2.45, 2.75) is 44.7 Å². The molecule has 3 rings (SSSR count). The molecule has 2 aliphatic carbocycles. The van der Waals surface area contributed by atoms with Gasteiger partial charge in [0.2, 0.25) is 0 Å². The molecule has 3 fully saturated rings. The average molecular weight is 325 g/mol. The molecule has 0 unspecified atom stereocenters.